The SMILES string of the molecule is CCSCCOc1cc(OC)ccc1C(C)O. The van der Waals surface area contributed by atoms with E-state index in [1.807, 2.05) is 30.0 Å². The number of aliphatic hydroxyl groups is 1. The van der Waals surface area contributed by atoms with Crippen LogP contribution in [-0.4, -0.2) is 30.3 Å². The van der Waals surface area contributed by atoms with Gasteiger partial charge in [-0.2, -0.15) is 11.8 Å². The van der Waals surface area contributed by atoms with Crippen molar-refractivity contribution in [3.05, 3.63) is 23.8 Å². The summed E-state index contributed by atoms with van der Waals surface area (Å²) < 4.78 is 10.8. The summed E-state index contributed by atoms with van der Waals surface area (Å²) >= 11 is 1.83. The number of ether oxygens (including phenoxy) is 2. The topological polar surface area (TPSA) is 38.7 Å². The average Bonchev–Trinajstić information content (AvgIpc) is 2.34. The van der Waals surface area contributed by atoms with Crippen LogP contribution in [0.2, 0.25) is 0 Å². The Morgan fingerprint density at radius 3 is 2.76 bits per heavy atom. The molecule has 96 valence electrons. The van der Waals surface area contributed by atoms with Gasteiger partial charge in [0.1, 0.15) is 11.5 Å². The molecule has 0 saturated heterocycles. The first-order valence-corrected chi connectivity index (χ1v) is 6.91. The van der Waals surface area contributed by atoms with E-state index in [9.17, 15) is 5.11 Å². The Morgan fingerprint density at radius 2 is 2.18 bits per heavy atom. The summed E-state index contributed by atoms with van der Waals surface area (Å²) in [5, 5.41) is 9.64. The van der Waals surface area contributed by atoms with Crippen LogP contribution in [0.1, 0.15) is 25.5 Å². The maximum atomic E-state index is 9.64. The van der Waals surface area contributed by atoms with Crippen molar-refractivity contribution in [2.75, 3.05) is 25.2 Å². The van der Waals surface area contributed by atoms with Crippen LogP contribution in [0.15, 0.2) is 18.2 Å². The van der Waals surface area contributed by atoms with Crippen molar-refractivity contribution in [3.8, 4) is 11.5 Å². The van der Waals surface area contributed by atoms with Crippen molar-refractivity contribution in [1.29, 1.82) is 0 Å². The minimum Gasteiger partial charge on any atom is -0.497 e. The third-order valence-corrected chi connectivity index (χ3v) is 3.22. The highest BCUT2D eigenvalue weighted by molar-refractivity contribution is 7.99. The van der Waals surface area contributed by atoms with E-state index in [4.69, 9.17) is 9.47 Å². The van der Waals surface area contributed by atoms with E-state index < -0.39 is 6.10 Å². The highest BCUT2D eigenvalue weighted by atomic mass is 32.2. The lowest BCUT2D eigenvalue weighted by atomic mass is 10.1. The molecule has 0 amide bonds. The molecule has 0 fully saturated rings. The van der Waals surface area contributed by atoms with Crippen LogP contribution in [0.5, 0.6) is 11.5 Å². The largest absolute Gasteiger partial charge is 0.497 e. The Kier molecular flexibility index (Phi) is 6.22. The number of thioether (sulfide) groups is 1. The van der Waals surface area contributed by atoms with Crippen LogP contribution in [0, 0.1) is 0 Å². The molecule has 1 aromatic carbocycles. The van der Waals surface area contributed by atoms with Crippen LogP contribution in [0.4, 0.5) is 0 Å². The number of rotatable bonds is 7. The summed E-state index contributed by atoms with van der Waals surface area (Å²) in [5.74, 6) is 3.49. The molecule has 0 spiro atoms. The summed E-state index contributed by atoms with van der Waals surface area (Å²) in [6, 6.07) is 5.49. The second-order valence-electron chi connectivity index (χ2n) is 3.63. The molecule has 17 heavy (non-hydrogen) atoms. The lowest BCUT2D eigenvalue weighted by molar-refractivity contribution is 0.192. The lowest BCUT2D eigenvalue weighted by Gasteiger charge is -2.14. The molecule has 0 aromatic heterocycles. The average molecular weight is 256 g/mol. The maximum Gasteiger partial charge on any atom is 0.128 e. The minimum absolute atomic E-state index is 0.533. The predicted octanol–water partition coefficient (Wildman–Crippen LogP) is 2.88. The number of benzene rings is 1. The summed E-state index contributed by atoms with van der Waals surface area (Å²) in [5.41, 5.74) is 0.798. The van der Waals surface area contributed by atoms with Crippen molar-refractivity contribution in [2.45, 2.75) is 20.0 Å². The van der Waals surface area contributed by atoms with Crippen LogP contribution in [-0.2, 0) is 0 Å². The Labute approximate surface area is 107 Å². The molecular formula is C13H20O3S. The van der Waals surface area contributed by atoms with Gasteiger partial charge in [0.2, 0.25) is 0 Å². The van der Waals surface area contributed by atoms with Gasteiger partial charge in [0.15, 0.2) is 0 Å². The molecular weight excluding hydrogens is 236 g/mol. The standard InChI is InChI=1S/C13H20O3S/c1-4-17-8-7-16-13-9-11(15-3)5-6-12(13)10(2)14/h5-6,9-10,14H,4,7-8H2,1-3H3. The monoisotopic (exact) mass is 256 g/mol. The normalized spacial score (nSPS) is 12.2. The molecule has 4 heteroatoms. The van der Waals surface area contributed by atoms with Crippen LogP contribution >= 0.6 is 11.8 Å². The smallest absolute Gasteiger partial charge is 0.128 e. The summed E-state index contributed by atoms with van der Waals surface area (Å²) in [6.45, 7) is 4.50. The number of hydrogen-bond acceptors (Lipinski definition) is 4. The lowest BCUT2D eigenvalue weighted by Crippen LogP contribution is -2.04. The van der Waals surface area contributed by atoms with Crippen molar-refractivity contribution in [1.82, 2.24) is 0 Å². The van der Waals surface area contributed by atoms with Gasteiger partial charge in [-0.05, 0) is 24.8 Å². The van der Waals surface area contributed by atoms with Crippen LogP contribution in [0.25, 0.3) is 0 Å². The van der Waals surface area contributed by atoms with E-state index in [2.05, 4.69) is 6.92 Å². The maximum absolute atomic E-state index is 9.64. The third kappa shape index (κ3) is 4.48. The van der Waals surface area contributed by atoms with E-state index in [1.165, 1.54) is 0 Å². The fourth-order valence-electron chi connectivity index (χ4n) is 1.47. The second-order valence-corrected chi connectivity index (χ2v) is 5.02. The van der Waals surface area contributed by atoms with Gasteiger partial charge < -0.3 is 14.6 Å². The van der Waals surface area contributed by atoms with Gasteiger partial charge in [-0.15, -0.1) is 0 Å². The first-order chi connectivity index (χ1) is 8.19. The Balaban J connectivity index is 2.71. The van der Waals surface area contributed by atoms with E-state index in [0.717, 1.165) is 22.8 Å². The third-order valence-electron chi connectivity index (χ3n) is 2.36. The fraction of sp³-hybridized carbons (Fsp3) is 0.538. The van der Waals surface area contributed by atoms with Crippen LogP contribution < -0.4 is 9.47 Å². The van der Waals surface area contributed by atoms with Crippen molar-refractivity contribution >= 4 is 11.8 Å². The molecule has 0 aliphatic rings. The van der Waals surface area contributed by atoms with E-state index in [1.54, 1.807) is 14.0 Å². The molecule has 0 radical (unpaired) electrons. The highest BCUT2D eigenvalue weighted by Crippen LogP contribution is 2.29. The van der Waals surface area contributed by atoms with Crippen LogP contribution in [0.3, 0.4) is 0 Å². The molecule has 1 unspecified atom stereocenters. The van der Waals surface area contributed by atoms with Crippen molar-refractivity contribution < 1.29 is 14.6 Å². The summed E-state index contributed by atoms with van der Waals surface area (Å²) in [6.07, 6.45) is -0.533. The highest BCUT2D eigenvalue weighted by Gasteiger charge is 2.10. The zero-order valence-electron chi connectivity index (χ0n) is 10.6. The number of methoxy groups -OCH3 is 1. The molecule has 1 atom stereocenters. The fourth-order valence-corrected chi connectivity index (χ4v) is 1.96. The first-order valence-electron chi connectivity index (χ1n) is 5.75. The van der Waals surface area contributed by atoms with Gasteiger partial charge in [0.25, 0.3) is 0 Å². The Hall–Kier alpha value is -0.870. The van der Waals surface area contributed by atoms with E-state index >= 15 is 0 Å². The second kappa shape index (κ2) is 7.45. The molecule has 1 rings (SSSR count). The van der Waals surface area contributed by atoms with Gasteiger partial charge in [0.05, 0.1) is 19.8 Å². The molecule has 0 saturated carbocycles. The Bertz CT molecular complexity index is 339. The first kappa shape index (κ1) is 14.2. The molecule has 0 aliphatic heterocycles. The zero-order chi connectivity index (χ0) is 12.7. The molecule has 0 aliphatic carbocycles. The van der Waals surface area contributed by atoms with Gasteiger partial charge >= 0.3 is 0 Å². The zero-order valence-corrected chi connectivity index (χ0v) is 11.4. The van der Waals surface area contributed by atoms with Gasteiger partial charge in [-0.25, -0.2) is 0 Å². The summed E-state index contributed by atoms with van der Waals surface area (Å²) in [7, 11) is 1.62. The van der Waals surface area contributed by atoms with Gasteiger partial charge in [0, 0.05) is 17.4 Å². The van der Waals surface area contributed by atoms with Gasteiger partial charge in [-0.3, -0.25) is 0 Å². The van der Waals surface area contributed by atoms with E-state index in [-0.39, 0.29) is 0 Å². The number of aliphatic hydroxyl groups excluding tert-OH is 1. The van der Waals surface area contributed by atoms with Gasteiger partial charge in [-0.1, -0.05) is 6.92 Å². The van der Waals surface area contributed by atoms with Crippen molar-refractivity contribution in [2.24, 2.45) is 0 Å². The van der Waals surface area contributed by atoms with Crippen molar-refractivity contribution in [3.63, 3.8) is 0 Å². The number of hydrogen-bond donors (Lipinski definition) is 1. The molecule has 0 bridgehead atoms. The predicted molar refractivity (Wildman–Crippen MR) is 72.1 cm³/mol. The molecule has 0 heterocycles. The Morgan fingerprint density at radius 1 is 1.41 bits per heavy atom. The molecule has 3 nitrogen and oxygen atoms in total. The minimum atomic E-state index is -0.533. The quantitative estimate of drug-likeness (QED) is 0.761. The van der Waals surface area contributed by atoms with E-state index in [0.29, 0.717) is 12.4 Å². The summed E-state index contributed by atoms with van der Waals surface area (Å²) in [4.78, 5) is 0. The molecule has 1 aromatic rings. The molecule has 1 N–H and O–H groups in total.